The molecule has 1 N–H and O–H groups in total. The Morgan fingerprint density at radius 1 is 1.35 bits per heavy atom. The molecule has 17 heavy (non-hydrogen) atoms. The second-order valence-corrected chi connectivity index (χ2v) is 3.94. The van der Waals surface area contributed by atoms with Crippen LogP contribution in [0.2, 0.25) is 0 Å². The zero-order valence-electron chi connectivity index (χ0n) is 10.9. The summed E-state index contributed by atoms with van der Waals surface area (Å²) in [7, 11) is 0. The molecule has 0 bridgehead atoms. The fraction of sp³-hybridized carbons (Fsp3) is 0.583. The Kier molecular flexibility index (Phi) is 4.87. The molecule has 0 spiro atoms. The third-order valence-electron chi connectivity index (χ3n) is 2.61. The van der Waals surface area contributed by atoms with Crippen molar-refractivity contribution in [3.63, 3.8) is 0 Å². The molecule has 0 aromatic carbocycles. The van der Waals surface area contributed by atoms with Crippen molar-refractivity contribution in [3.8, 4) is 0 Å². The van der Waals surface area contributed by atoms with E-state index in [2.05, 4.69) is 15.5 Å². The molecular formula is C12H20N4O. The molecule has 0 radical (unpaired) electrons. The highest BCUT2D eigenvalue weighted by molar-refractivity contribution is 5.83. The summed E-state index contributed by atoms with van der Waals surface area (Å²) in [5.41, 5.74) is 0.860. The number of likely N-dealkylation sites (N-methyl/N-ethyl adjacent to an activating group) is 1. The number of rotatable bonds is 5. The molecule has 0 saturated carbocycles. The average Bonchev–Trinajstić information content (AvgIpc) is 2.33. The van der Waals surface area contributed by atoms with Gasteiger partial charge in [0.2, 0.25) is 5.91 Å². The Bertz CT molecular complexity index is 359. The van der Waals surface area contributed by atoms with Gasteiger partial charge in [0.05, 0.1) is 5.69 Å². The summed E-state index contributed by atoms with van der Waals surface area (Å²) in [6, 6.07) is 3.41. The lowest BCUT2D eigenvalue weighted by Crippen LogP contribution is -2.41. The molecule has 1 atom stereocenters. The van der Waals surface area contributed by atoms with E-state index in [-0.39, 0.29) is 11.9 Å². The van der Waals surface area contributed by atoms with E-state index in [1.807, 2.05) is 39.8 Å². The molecule has 0 saturated heterocycles. The molecule has 1 rings (SSSR count). The van der Waals surface area contributed by atoms with Gasteiger partial charge >= 0.3 is 0 Å². The van der Waals surface area contributed by atoms with Gasteiger partial charge in [-0.3, -0.25) is 4.79 Å². The van der Waals surface area contributed by atoms with Crippen molar-refractivity contribution < 1.29 is 4.79 Å². The second-order valence-electron chi connectivity index (χ2n) is 3.94. The maximum Gasteiger partial charge on any atom is 0.244 e. The quantitative estimate of drug-likeness (QED) is 0.840. The van der Waals surface area contributed by atoms with Crippen LogP contribution in [0.25, 0.3) is 0 Å². The lowest BCUT2D eigenvalue weighted by molar-refractivity contribution is -0.131. The van der Waals surface area contributed by atoms with Crippen molar-refractivity contribution in [2.45, 2.75) is 33.7 Å². The molecule has 94 valence electrons. The summed E-state index contributed by atoms with van der Waals surface area (Å²) in [6.07, 6.45) is 0. The van der Waals surface area contributed by atoms with Crippen LogP contribution in [-0.4, -0.2) is 40.1 Å². The Morgan fingerprint density at radius 3 is 2.47 bits per heavy atom. The number of anilines is 1. The molecule has 1 aromatic rings. The SMILES string of the molecule is CCN(CC)C(=O)C(C)Nc1ccc(C)nn1. The van der Waals surface area contributed by atoms with Gasteiger partial charge in [-0.05, 0) is 39.8 Å². The van der Waals surface area contributed by atoms with Gasteiger partial charge in [0.15, 0.2) is 0 Å². The molecular weight excluding hydrogens is 216 g/mol. The van der Waals surface area contributed by atoms with Crippen LogP contribution < -0.4 is 5.32 Å². The highest BCUT2D eigenvalue weighted by atomic mass is 16.2. The van der Waals surface area contributed by atoms with Crippen LogP contribution in [-0.2, 0) is 4.79 Å². The Balaban J connectivity index is 2.62. The first-order chi connectivity index (χ1) is 8.08. The molecule has 0 aliphatic rings. The molecule has 5 heteroatoms. The van der Waals surface area contributed by atoms with Crippen molar-refractivity contribution in [1.29, 1.82) is 0 Å². The summed E-state index contributed by atoms with van der Waals surface area (Å²) in [5, 5.41) is 11.0. The van der Waals surface area contributed by atoms with Crippen LogP contribution in [0.4, 0.5) is 5.82 Å². The maximum absolute atomic E-state index is 12.0. The number of hydrogen-bond donors (Lipinski definition) is 1. The van der Waals surface area contributed by atoms with E-state index >= 15 is 0 Å². The van der Waals surface area contributed by atoms with Gasteiger partial charge in [0.25, 0.3) is 0 Å². The predicted molar refractivity (Wildman–Crippen MR) is 67.8 cm³/mol. The minimum absolute atomic E-state index is 0.0809. The Labute approximate surface area is 102 Å². The number of aromatic nitrogens is 2. The molecule has 0 aliphatic carbocycles. The van der Waals surface area contributed by atoms with Crippen molar-refractivity contribution in [1.82, 2.24) is 15.1 Å². The Hall–Kier alpha value is -1.65. The van der Waals surface area contributed by atoms with Crippen LogP contribution in [0.15, 0.2) is 12.1 Å². The Morgan fingerprint density at radius 2 is 2.00 bits per heavy atom. The topological polar surface area (TPSA) is 58.1 Å². The van der Waals surface area contributed by atoms with E-state index in [1.54, 1.807) is 4.90 Å². The van der Waals surface area contributed by atoms with Gasteiger partial charge in [0.1, 0.15) is 11.9 Å². The fourth-order valence-electron chi connectivity index (χ4n) is 1.57. The molecule has 5 nitrogen and oxygen atoms in total. The van der Waals surface area contributed by atoms with E-state index in [0.29, 0.717) is 5.82 Å². The molecule has 1 aromatic heterocycles. The minimum Gasteiger partial charge on any atom is -0.357 e. The lowest BCUT2D eigenvalue weighted by Gasteiger charge is -2.23. The number of carbonyl (C=O) groups excluding carboxylic acids is 1. The first kappa shape index (κ1) is 13.4. The average molecular weight is 236 g/mol. The monoisotopic (exact) mass is 236 g/mol. The largest absolute Gasteiger partial charge is 0.357 e. The second kappa shape index (κ2) is 6.18. The number of nitrogens with one attached hydrogen (secondary N) is 1. The zero-order valence-corrected chi connectivity index (χ0v) is 10.9. The first-order valence-electron chi connectivity index (χ1n) is 5.94. The van der Waals surface area contributed by atoms with Crippen molar-refractivity contribution in [2.75, 3.05) is 18.4 Å². The smallest absolute Gasteiger partial charge is 0.244 e. The minimum atomic E-state index is -0.285. The molecule has 1 unspecified atom stereocenters. The molecule has 1 heterocycles. The van der Waals surface area contributed by atoms with Gasteiger partial charge in [-0.1, -0.05) is 0 Å². The van der Waals surface area contributed by atoms with Crippen LogP contribution >= 0.6 is 0 Å². The summed E-state index contributed by atoms with van der Waals surface area (Å²) in [5.74, 6) is 0.709. The summed E-state index contributed by atoms with van der Waals surface area (Å²) in [6.45, 7) is 9.10. The van der Waals surface area contributed by atoms with Crippen molar-refractivity contribution in [2.24, 2.45) is 0 Å². The normalized spacial score (nSPS) is 12.0. The molecule has 0 aliphatic heterocycles. The summed E-state index contributed by atoms with van der Waals surface area (Å²) >= 11 is 0. The zero-order chi connectivity index (χ0) is 12.8. The third kappa shape index (κ3) is 3.69. The fourth-order valence-corrected chi connectivity index (χ4v) is 1.57. The predicted octanol–water partition coefficient (Wildman–Crippen LogP) is 1.45. The van der Waals surface area contributed by atoms with Crippen molar-refractivity contribution >= 4 is 11.7 Å². The van der Waals surface area contributed by atoms with Crippen LogP contribution in [0.3, 0.4) is 0 Å². The van der Waals surface area contributed by atoms with E-state index in [0.717, 1.165) is 18.8 Å². The number of amides is 1. The van der Waals surface area contributed by atoms with Gasteiger partial charge < -0.3 is 10.2 Å². The van der Waals surface area contributed by atoms with Crippen LogP contribution in [0, 0.1) is 6.92 Å². The summed E-state index contributed by atoms with van der Waals surface area (Å²) < 4.78 is 0. The maximum atomic E-state index is 12.0. The van der Waals surface area contributed by atoms with Gasteiger partial charge in [-0.15, -0.1) is 5.10 Å². The van der Waals surface area contributed by atoms with Gasteiger partial charge in [-0.25, -0.2) is 0 Å². The number of hydrogen-bond acceptors (Lipinski definition) is 4. The van der Waals surface area contributed by atoms with E-state index in [4.69, 9.17) is 0 Å². The van der Waals surface area contributed by atoms with Gasteiger partial charge in [-0.2, -0.15) is 5.10 Å². The molecule has 1 amide bonds. The number of aryl methyl sites for hydroxylation is 1. The third-order valence-corrected chi connectivity index (χ3v) is 2.61. The number of carbonyl (C=O) groups is 1. The highest BCUT2D eigenvalue weighted by Crippen LogP contribution is 2.05. The van der Waals surface area contributed by atoms with Crippen molar-refractivity contribution in [3.05, 3.63) is 17.8 Å². The van der Waals surface area contributed by atoms with Gasteiger partial charge in [0, 0.05) is 13.1 Å². The standard InChI is InChI=1S/C12H20N4O/c1-5-16(6-2)12(17)10(4)13-11-8-7-9(3)14-15-11/h7-8,10H,5-6H2,1-4H3,(H,13,15). The van der Waals surface area contributed by atoms with E-state index in [9.17, 15) is 4.79 Å². The van der Waals surface area contributed by atoms with Crippen LogP contribution in [0.5, 0.6) is 0 Å². The lowest BCUT2D eigenvalue weighted by atomic mass is 10.2. The highest BCUT2D eigenvalue weighted by Gasteiger charge is 2.18. The first-order valence-corrected chi connectivity index (χ1v) is 5.94. The van der Waals surface area contributed by atoms with E-state index < -0.39 is 0 Å². The van der Waals surface area contributed by atoms with E-state index in [1.165, 1.54) is 0 Å². The number of nitrogens with zero attached hydrogens (tertiary/aromatic N) is 3. The summed E-state index contributed by atoms with van der Waals surface area (Å²) in [4.78, 5) is 13.8. The molecule has 0 fully saturated rings. The van der Waals surface area contributed by atoms with Crippen LogP contribution in [0.1, 0.15) is 26.5 Å².